The zero-order valence-electron chi connectivity index (χ0n) is 24.4. The lowest BCUT2D eigenvalue weighted by atomic mass is 9.79. The molecular formula is C31H41F2N3O5. The van der Waals surface area contributed by atoms with Crippen LogP contribution in [0, 0.1) is 11.6 Å². The van der Waals surface area contributed by atoms with Crippen molar-refractivity contribution in [2.45, 2.75) is 83.6 Å². The predicted octanol–water partition coefficient (Wildman–Crippen LogP) is 3.56. The monoisotopic (exact) mass is 573 g/mol. The van der Waals surface area contributed by atoms with Gasteiger partial charge < -0.3 is 25.4 Å². The summed E-state index contributed by atoms with van der Waals surface area (Å²) in [4.78, 5) is 39.0. The van der Waals surface area contributed by atoms with E-state index in [0.717, 1.165) is 29.3 Å². The highest BCUT2D eigenvalue weighted by Crippen LogP contribution is 2.35. The lowest BCUT2D eigenvalue weighted by Crippen LogP contribution is -2.57. The summed E-state index contributed by atoms with van der Waals surface area (Å²) in [6.45, 7) is 9.08. The Morgan fingerprint density at radius 1 is 1.10 bits per heavy atom. The number of nitrogens with one attached hydrogen (secondary N) is 2. The molecule has 0 saturated carbocycles. The summed E-state index contributed by atoms with van der Waals surface area (Å²) in [6, 6.07) is 10.2. The van der Waals surface area contributed by atoms with Crippen LogP contribution in [0.5, 0.6) is 0 Å². The van der Waals surface area contributed by atoms with Crippen molar-refractivity contribution in [2.75, 3.05) is 19.6 Å². The molecule has 0 bridgehead atoms. The Morgan fingerprint density at radius 2 is 1.78 bits per heavy atom. The van der Waals surface area contributed by atoms with E-state index in [9.17, 15) is 28.3 Å². The molecule has 1 aliphatic rings. The Labute approximate surface area is 240 Å². The zero-order chi connectivity index (χ0) is 30.3. The Morgan fingerprint density at radius 3 is 2.37 bits per heavy atom. The van der Waals surface area contributed by atoms with Crippen molar-refractivity contribution in [3.63, 3.8) is 0 Å². The van der Waals surface area contributed by atoms with Crippen LogP contribution < -0.4 is 10.6 Å². The lowest BCUT2D eigenvalue weighted by molar-refractivity contribution is -0.154. The normalized spacial score (nSPS) is 18.9. The number of piperidine rings is 1. The number of hydrogen-bond donors (Lipinski definition) is 3. The van der Waals surface area contributed by atoms with Crippen LogP contribution in [-0.4, -0.2) is 65.7 Å². The molecule has 41 heavy (non-hydrogen) atoms. The highest BCUT2D eigenvalue weighted by atomic mass is 19.1. The molecule has 3 rings (SSSR count). The molecule has 2 aromatic carbocycles. The average Bonchev–Trinajstić information content (AvgIpc) is 2.87. The maximum atomic E-state index is 13.8. The van der Waals surface area contributed by atoms with Crippen molar-refractivity contribution in [3.05, 3.63) is 70.8 Å². The van der Waals surface area contributed by atoms with E-state index in [-0.39, 0.29) is 49.4 Å². The minimum atomic E-state index is -1.15. The van der Waals surface area contributed by atoms with Gasteiger partial charge in [0.2, 0.25) is 11.8 Å². The first-order chi connectivity index (χ1) is 19.3. The number of rotatable bonds is 12. The van der Waals surface area contributed by atoms with Crippen LogP contribution >= 0.6 is 0 Å². The summed E-state index contributed by atoms with van der Waals surface area (Å²) in [5.74, 6) is -2.36. The molecule has 2 amide bonds. The van der Waals surface area contributed by atoms with Gasteiger partial charge in [-0.05, 0) is 61.4 Å². The first-order valence-corrected chi connectivity index (χ1v) is 14.0. The zero-order valence-corrected chi connectivity index (χ0v) is 24.4. The number of ether oxygens (including phenoxy) is 1. The van der Waals surface area contributed by atoms with E-state index in [1.165, 1.54) is 11.8 Å². The van der Waals surface area contributed by atoms with Gasteiger partial charge in [-0.15, -0.1) is 0 Å². The topological polar surface area (TPSA) is 108 Å². The maximum absolute atomic E-state index is 13.8. The van der Waals surface area contributed by atoms with Gasteiger partial charge in [0.15, 0.2) is 0 Å². The molecule has 8 nitrogen and oxygen atoms in total. The quantitative estimate of drug-likeness (QED) is 0.335. The van der Waals surface area contributed by atoms with Gasteiger partial charge in [-0.1, -0.05) is 38.1 Å². The lowest BCUT2D eigenvalue weighted by Gasteiger charge is -2.43. The number of amides is 2. The van der Waals surface area contributed by atoms with E-state index in [2.05, 4.69) is 24.5 Å². The number of carbonyl (C=O) groups excluding carboxylic acids is 3. The fourth-order valence-electron chi connectivity index (χ4n) is 5.20. The molecule has 1 fully saturated rings. The molecule has 3 atom stereocenters. The van der Waals surface area contributed by atoms with E-state index >= 15 is 0 Å². The SMILES string of the molecule is CC(=O)NC(Cc1cc(F)cc(F)c1)C(O)CNC1(c2cccc(C(C)C)c2)CCN(CC(=O)OC(C)C)C(=O)C1. The molecule has 224 valence electrons. The fraction of sp³-hybridized carbons (Fsp3) is 0.516. The van der Waals surface area contributed by atoms with Crippen molar-refractivity contribution < 1.29 is 33.0 Å². The number of aliphatic hydroxyl groups excluding tert-OH is 1. The summed E-state index contributed by atoms with van der Waals surface area (Å²) in [7, 11) is 0. The van der Waals surface area contributed by atoms with Gasteiger partial charge >= 0.3 is 5.97 Å². The standard InChI is InChI=1S/C31H41F2N3O5/c1-19(2)23-7-6-8-24(14-23)31(9-10-36(29(39)16-31)18-30(40)41-20(3)4)34-17-28(38)27(35-21(5)37)13-22-11-25(32)15-26(33)12-22/h6-8,11-12,14-15,19-20,27-28,34,38H,9-10,13,16-18H2,1-5H3,(H,35,37). The molecule has 3 unspecified atom stereocenters. The molecule has 2 aromatic rings. The number of halogens is 2. The van der Waals surface area contributed by atoms with E-state index < -0.39 is 41.2 Å². The third-order valence-electron chi connectivity index (χ3n) is 7.29. The van der Waals surface area contributed by atoms with Crippen LogP contribution in [0.3, 0.4) is 0 Å². The van der Waals surface area contributed by atoms with Gasteiger partial charge in [-0.2, -0.15) is 0 Å². The third kappa shape index (κ3) is 9.06. The number of nitrogens with zero attached hydrogens (tertiary/aromatic N) is 1. The summed E-state index contributed by atoms with van der Waals surface area (Å²) >= 11 is 0. The number of benzene rings is 2. The fourth-order valence-corrected chi connectivity index (χ4v) is 5.20. The van der Waals surface area contributed by atoms with Gasteiger partial charge in [0.1, 0.15) is 18.2 Å². The second-order valence-electron chi connectivity index (χ2n) is 11.4. The summed E-state index contributed by atoms with van der Waals surface area (Å²) < 4.78 is 32.8. The van der Waals surface area contributed by atoms with E-state index in [0.29, 0.717) is 13.0 Å². The van der Waals surface area contributed by atoms with Crippen LogP contribution in [0.25, 0.3) is 0 Å². The van der Waals surface area contributed by atoms with Gasteiger partial charge in [-0.3, -0.25) is 14.4 Å². The van der Waals surface area contributed by atoms with Crippen molar-refractivity contribution in [1.82, 2.24) is 15.5 Å². The molecule has 0 radical (unpaired) electrons. The van der Waals surface area contributed by atoms with Gasteiger partial charge in [-0.25, -0.2) is 8.78 Å². The molecule has 0 aromatic heterocycles. The average molecular weight is 574 g/mol. The summed E-state index contributed by atoms with van der Waals surface area (Å²) in [5, 5.41) is 17.3. The molecule has 1 aliphatic heterocycles. The first kappa shape index (κ1) is 32.1. The van der Waals surface area contributed by atoms with Crippen molar-refractivity contribution in [2.24, 2.45) is 0 Å². The largest absolute Gasteiger partial charge is 0.462 e. The number of likely N-dealkylation sites (tertiary alicyclic amines) is 1. The van der Waals surface area contributed by atoms with Crippen molar-refractivity contribution in [3.8, 4) is 0 Å². The number of hydrogen-bond acceptors (Lipinski definition) is 6. The highest BCUT2D eigenvalue weighted by molar-refractivity contribution is 5.84. The first-order valence-electron chi connectivity index (χ1n) is 14.0. The predicted molar refractivity (Wildman–Crippen MR) is 151 cm³/mol. The van der Waals surface area contributed by atoms with Crippen LogP contribution in [0.4, 0.5) is 8.78 Å². The number of aliphatic hydroxyl groups is 1. The summed E-state index contributed by atoms with van der Waals surface area (Å²) in [6.07, 6.45) is -0.941. The van der Waals surface area contributed by atoms with Crippen LogP contribution in [0.2, 0.25) is 0 Å². The van der Waals surface area contributed by atoms with E-state index in [1.807, 2.05) is 24.3 Å². The minimum Gasteiger partial charge on any atom is -0.462 e. The Kier molecular flexibility index (Phi) is 11.0. The molecule has 10 heteroatoms. The second-order valence-corrected chi connectivity index (χ2v) is 11.4. The maximum Gasteiger partial charge on any atom is 0.325 e. The smallest absolute Gasteiger partial charge is 0.325 e. The van der Waals surface area contributed by atoms with Gasteiger partial charge in [0.05, 0.1) is 23.8 Å². The molecule has 0 spiro atoms. The van der Waals surface area contributed by atoms with E-state index in [4.69, 9.17) is 4.74 Å². The second kappa shape index (κ2) is 14.0. The van der Waals surface area contributed by atoms with Gasteiger partial charge in [0.25, 0.3) is 0 Å². The minimum absolute atomic E-state index is 0.00237. The van der Waals surface area contributed by atoms with E-state index in [1.54, 1.807) is 13.8 Å². The Balaban J connectivity index is 1.84. The Bertz CT molecular complexity index is 1220. The third-order valence-corrected chi connectivity index (χ3v) is 7.29. The van der Waals surface area contributed by atoms with Crippen molar-refractivity contribution >= 4 is 17.8 Å². The summed E-state index contributed by atoms with van der Waals surface area (Å²) in [5.41, 5.74) is 1.39. The Hall–Kier alpha value is -3.37. The van der Waals surface area contributed by atoms with Crippen LogP contribution in [0.15, 0.2) is 42.5 Å². The number of carbonyl (C=O) groups is 3. The van der Waals surface area contributed by atoms with Crippen LogP contribution in [0.1, 0.15) is 70.1 Å². The number of esters is 1. The molecule has 3 N–H and O–H groups in total. The van der Waals surface area contributed by atoms with Crippen molar-refractivity contribution in [1.29, 1.82) is 0 Å². The molecular weight excluding hydrogens is 532 g/mol. The van der Waals surface area contributed by atoms with Crippen LogP contribution in [-0.2, 0) is 31.1 Å². The highest BCUT2D eigenvalue weighted by Gasteiger charge is 2.41. The molecule has 1 saturated heterocycles. The molecule has 0 aliphatic carbocycles. The van der Waals surface area contributed by atoms with Gasteiger partial charge in [0, 0.05) is 32.5 Å². The molecule has 1 heterocycles.